The van der Waals surface area contributed by atoms with Crippen LogP contribution in [0.25, 0.3) is 0 Å². The normalized spacial score (nSPS) is 34.6. The van der Waals surface area contributed by atoms with Crippen LogP contribution < -0.4 is 0 Å². The first-order valence-electron chi connectivity index (χ1n) is 11.8. The second-order valence-corrected chi connectivity index (χ2v) is 10.1. The fourth-order valence-electron chi connectivity index (χ4n) is 5.26. The maximum absolute atomic E-state index is 11.0. The van der Waals surface area contributed by atoms with Crippen molar-refractivity contribution in [2.75, 3.05) is 98.5 Å². The highest BCUT2D eigenvalue weighted by Gasteiger charge is 2.49. The Balaban J connectivity index is 1.24. The molecule has 0 saturated carbocycles. The van der Waals surface area contributed by atoms with E-state index in [2.05, 4.69) is 40.4 Å². The fourth-order valence-corrected chi connectivity index (χ4v) is 5.26. The predicted molar refractivity (Wildman–Crippen MR) is 116 cm³/mol. The van der Waals surface area contributed by atoms with E-state index < -0.39 is 0 Å². The second-order valence-electron chi connectivity index (χ2n) is 10.1. The summed E-state index contributed by atoms with van der Waals surface area (Å²) in [6.45, 7) is 20.4. The van der Waals surface area contributed by atoms with E-state index in [-0.39, 0.29) is 23.3 Å². The van der Waals surface area contributed by atoms with Gasteiger partial charge in [0.1, 0.15) is 0 Å². The van der Waals surface area contributed by atoms with Crippen LogP contribution >= 0.6 is 0 Å². The smallest absolute Gasteiger partial charge is 0.0906 e. The Hall–Kier alpha value is -0.320. The number of rotatable bonds is 7. The Bertz CT molecular complexity index is 545. The van der Waals surface area contributed by atoms with Gasteiger partial charge in [0.05, 0.1) is 50.8 Å². The number of nitrogens with zero attached hydrogens (tertiary/aromatic N) is 4. The summed E-state index contributed by atoms with van der Waals surface area (Å²) in [5, 5.41) is 11.0. The van der Waals surface area contributed by atoms with E-state index in [0.717, 1.165) is 98.5 Å². The summed E-state index contributed by atoms with van der Waals surface area (Å²) >= 11 is 0. The molecule has 3 atom stereocenters. The van der Waals surface area contributed by atoms with Crippen LogP contribution in [0.2, 0.25) is 0 Å². The minimum absolute atomic E-state index is 0.147. The van der Waals surface area contributed by atoms with Gasteiger partial charge in [0.15, 0.2) is 0 Å². The molecule has 4 aliphatic heterocycles. The van der Waals surface area contributed by atoms with Crippen molar-refractivity contribution in [2.24, 2.45) is 0 Å². The number of morpholine rings is 2. The maximum Gasteiger partial charge on any atom is 0.0906 e. The molecule has 4 rings (SSSR count). The molecular weight excluding hydrogens is 384 g/mol. The molecule has 0 aromatic heterocycles. The third-order valence-electron chi connectivity index (χ3n) is 7.97. The summed E-state index contributed by atoms with van der Waals surface area (Å²) in [5.41, 5.74) is -0.0752. The quantitative estimate of drug-likeness (QED) is 0.588. The number of hydrogen-bond donors (Lipinski definition) is 1. The Morgan fingerprint density at radius 1 is 0.900 bits per heavy atom. The Labute approximate surface area is 182 Å². The minimum atomic E-state index is -0.360. The van der Waals surface area contributed by atoms with Crippen molar-refractivity contribution in [1.82, 2.24) is 19.6 Å². The highest BCUT2D eigenvalue weighted by atomic mass is 16.5. The third kappa shape index (κ3) is 4.86. The number of piperazine rings is 1. The Kier molecular flexibility index (Phi) is 7.37. The molecule has 3 unspecified atom stereocenters. The zero-order chi connectivity index (χ0) is 21.2. The summed E-state index contributed by atoms with van der Waals surface area (Å²) in [6.07, 6.45) is -0.0798. The van der Waals surface area contributed by atoms with Crippen LogP contribution in [0.15, 0.2) is 0 Å². The molecular formula is C22H42N4O4. The Morgan fingerprint density at radius 2 is 1.50 bits per heavy atom. The summed E-state index contributed by atoms with van der Waals surface area (Å²) < 4.78 is 17.0. The van der Waals surface area contributed by atoms with Gasteiger partial charge in [0.2, 0.25) is 0 Å². The van der Waals surface area contributed by atoms with Gasteiger partial charge >= 0.3 is 0 Å². The molecule has 0 radical (unpaired) electrons. The summed E-state index contributed by atoms with van der Waals surface area (Å²) in [5.74, 6) is 0. The van der Waals surface area contributed by atoms with Crippen molar-refractivity contribution >= 4 is 0 Å². The average Bonchev–Trinajstić information content (AvgIpc) is 2.77. The number of aliphatic hydroxyl groups excluding tert-OH is 1. The molecule has 8 heteroatoms. The SMILES string of the molecule is CC(C)(C(O)CN1CCOCC1)N1CCN(CC2OCC2(C)N2CCOCC2)CC1. The lowest BCUT2D eigenvalue weighted by Gasteiger charge is -2.56. The molecule has 8 nitrogen and oxygen atoms in total. The molecule has 0 spiro atoms. The lowest BCUT2D eigenvalue weighted by Crippen LogP contribution is -2.71. The van der Waals surface area contributed by atoms with Crippen LogP contribution in [0.1, 0.15) is 20.8 Å². The van der Waals surface area contributed by atoms with Gasteiger partial charge in [-0.1, -0.05) is 0 Å². The van der Waals surface area contributed by atoms with Crippen LogP contribution in [0.3, 0.4) is 0 Å². The van der Waals surface area contributed by atoms with Crippen molar-refractivity contribution in [1.29, 1.82) is 0 Å². The molecule has 0 aromatic rings. The average molecular weight is 427 g/mol. The monoisotopic (exact) mass is 426 g/mol. The molecule has 0 bridgehead atoms. The first-order valence-corrected chi connectivity index (χ1v) is 11.8. The molecule has 4 aliphatic rings. The van der Waals surface area contributed by atoms with Gasteiger partial charge in [0, 0.05) is 71.0 Å². The van der Waals surface area contributed by atoms with Crippen LogP contribution in [0.5, 0.6) is 0 Å². The maximum atomic E-state index is 11.0. The largest absolute Gasteiger partial charge is 0.390 e. The summed E-state index contributed by atoms with van der Waals surface area (Å²) in [6, 6.07) is 0. The highest BCUT2D eigenvalue weighted by Crippen LogP contribution is 2.33. The van der Waals surface area contributed by atoms with E-state index in [1.165, 1.54) is 0 Å². The zero-order valence-corrected chi connectivity index (χ0v) is 19.2. The van der Waals surface area contributed by atoms with Gasteiger partial charge in [0.25, 0.3) is 0 Å². The van der Waals surface area contributed by atoms with Gasteiger partial charge in [-0.3, -0.25) is 19.6 Å². The van der Waals surface area contributed by atoms with Crippen molar-refractivity contribution < 1.29 is 19.3 Å². The van der Waals surface area contributed by atoms with Crippen molar-refractivity contribution in [3.63, 3.8) is 0 Å². The minimum Gasteiger partial charge on any atom is -0.390 e. The zero-order valence-electron chi connectivity index (χ0n) is 19.2. The molecule has 30 heavy (non-hydrogen) atoms. The van der Waals surface area contributed by atoms with E-state index in [0.29, 0.717) is 0 Å². The lowest BCUT2D eigenvalue weighted by atomic mass is 9.86. The number of aliphatic hydroxyl groups is 1. The number of ether oxygens (including phenoxy) is 3. The van der Waals surface area contributed by atoms with E-state index >= 15 is 0 Å². The Morgan fingerprint density at radius 3 is 2.07 bits per heavy atom. The molecule has 1 N–H and O–H groups in total. The molecule has 174 valence electrons. The molecule has 0 aliphatic carbocycles. The van der Waals surface area contributed by atoms with E-state index in [1.807, 2.05) is 0 Å². The fraction of sp³-hybridized carbons (Fsp3) is 1.00. The van der Waals surface area contributed by atoms with E-state index in [9.17, 15) is 5.11 Å². The first-order chi connectivity index (χ1) is 14.4. The van der Waals surface area contributed by atoms with Crippen LogP contribution in [-0.2, 0) is 14.2 Å². The third-order valence-corrected chi connectivity index (χ3v) is 7.97. The topological polar surface area (TPSA) is 60.9 Å². The van der Waals surface area contributed by atoms with Gasteiger partial charge in [-0.25, -0.2) is 0 Å². The second kappa shape index (κ2) is 9.67. The molecule has 0 aromatic carbocycles. The molecule has 4 heterocycles. The standard InChI is InChI=1S/C22H42N4O4/c1-21(2,19(27)16-24-8-12-28-13-9-24)25-6-4-23(5-7-25)17-20-22(3,18-30-20)26-10-14-29-15-11-26/h19-20,27H,4-18H2,1-3H3. The predicted octanol–water partition coefficient (Wildman–Crippen LogP) is -0.435. The molecule has 0 amide bonds. The van der Waals surface area contributed by atoms with E-state index in [1.54, 1.807) is 0 Å². The highest BCUT2D eigenvalue weighted by molar-refractivity contribution is 5.03. The molecule has 4 saturated heterocycles. The number of β-amino-alcohol motifs (C(OH)–C–C–N with tert-alkyl or cyclic N) is 1. The van der Waals surface area contributed by atoms with Gasteiger partial charge in [-0.05, 0) is 20.8 Å². The van der Waals surface area contributed by atoms with Crippen molar-refractivity contribution in [3.05, 3.63) is 0 Å². The van der Waals surface area contributed by atoms with Crippen molar-refractivity contribution in [2.45, 2.75) is 44.1 Å². The first kappa shape index (κ1) is 22.9. The van der Waals surface area contributed by atoms with E-state index in [4.69, 9.17) is 14.2 Å². The van der Waals surface area contributed by atoms with Crippen LogP contribution in [0, 0.1) is 0 Å². The summed E-state index contributed by atoms with van der Waals surface area (Å²) in [4.78, 5) is 9.90. The summed E-state index contributed by atoms with van der Waals surface area (Å²) in [7, 11) is 0. The van der Waals surface area contributed by atoms with Crippen molar-refractivity contribution in [3.8, 4) is 0 Å². The van der Waals surface area contributed by atoms with Gasteiger partial charge in [-0.2, -0.15) is 0 Å². The van der Waals surface area contributed by atoms with Gasteiger partial charge in [-0.15, -0.1) is 0 Å². The number of hydrogen-bond acceptors (Lipinski definition) is 8. The lowest BCUT2D eigenvalue weighted by molar-refractivity contribution is -0.213. The molecule has 4 fully saturated rings. The van der Waals surface area contributed by atoms with Gasteiger partial charge < -0.3 is 19.3 Å². The van der Waals surface area contributed by atoms with Crippen LogP contribution in [0.4, 0.5) is 0 Å². The van der Waals surface area contributed by atoms with Crippen LogP contribution in [-0.4, -0.2) is 146 Å².